The number of carbonyl (C=O) groups is 5. The first-order valence-electron chi connectivity index (χ1n) is 18.9. The van der Waals surface area contributed by atoms with E-state index in [9.17, 15) is 24.0 Å². The number of hydrogen-bond acceptors (Lipinski definition) is 9. The first-order valence-corrected chi connectivity index (χ1v) is 18.9. The first kappa shape index (κ1) is 47.2. The molecule has 0 bridgehead atoms. The highest BCUT2D eigenvalue weighted by Crippen LogP contribution is 2.13. The molecule has 0 spiro atoms. The van der Waals surface area contributed by atoms with Crippen LogP contribution in [0.1, 0.15) is 122 Å². The second kappa shape index (κ2) is 37.4. The fourth-order valence-corrected chi connectivity index (χ4v) is 4.78. The number of nitrogens with one attached hydrogen (secondary N) is 4. The molecule has 0 saturated heterocycles. The van der Waals surface area contributed by atoms with Gasteiger partial charge in [-0.1, -0.05) is 77.6 Å². The van der Waals surface area contributed by atoms with Crippen molar-refractivity contribution in [1.29, 1.82) is 0 Å². The lowest BCUT2D eigenvalue weighted by Crippen LogP contribution is -2.32. The van der Waals surface area contributed by atoms with E-state index in [0.717, 1.165) is 51.4 Å². The number of rotatable bonds is 38. The monoisotopic (exact) mass is 716 g/mol. The molecular weight excluding hydrogens is 648 g/mol. The molecule has 0 saturated carbocycles. The molecule has 0 heterocycles. The summed E-state index contributed by atoms with van der Waals surface area (Å²) in [5, 5.41) is 19.8. The Kier molecular flexibility index (Phi) is 35.3. The molecule has 0 aliphatic rings. The molecule has 0 aromatic rings. The van der Waals surface area contributed by atoms with E-state index in [1.807, 2.05) is 0 Å². The van der Waals surface area contributed by atoms with Crippen molar-refractivity contribution in [2.24, 2.45) is 0 Å². The minimum atomic E-state index is -0.702. The lowest BCUT2D eigenvalue weighted by molar-refractivity contribution is -0.137. The van der Waals surface area contributed by atoms with Gasteiger partial charge >= 0.3 is 5.97 Å². The predicted octanol–water partition coefficient (Wildman–Crippen LogP) is 3.64. The lowest BCUT2D eigenvalue weighted by Gasteiger charge is -2.09. The van der Waals surface area contributed by atoms with Gasteiger partial charge in [0.15, 0.2) is 0 Å². The highest BCUT2D eigenvalue weighted by molar-refractivity contribution is 5.78. The summed E-state index contributed by atoms with van der Waals surface area (Å²) in [6.45, 7) is 5.67. The van der Waals surface area contributed by atoms with E-state index in [2.05, 4.69) is 28.2 Å². The number of carbonyl (C=O) groups excluding carboxylic acids is 4. The van der Waals surface area contributed by atoms with E-state index in [0.29, 0.717) is 78.5 Å². The largest absolute Gasteiger partial charge is 0.481 e. The van der Waals surface area contributed by atoms with Crippen LogP contribution in [0.5, 0.6) is 0 Å². The Hall–Kier alpha value is -2.81. The number of carboxylic acid groups (broad SMARTS) is 1. The van der Waals surface area contributed by atoms with Crippen molar-refractivity contribution in [3.05, 3.63) is 0 Å². The Morgan fingerprint density at radius 3 is 1.24 bits per heavy atom. The maximum atomic E-state index is 12.0. The molecule has 0 aromatic heterocycles. The number of hydrogen-bond donors (Lipinski definition) is 5. The van der Waals surface area contributed by atoms with Gasteiger partial charge in [-0.3, -0.25) is 24.0 Å². The Balaban J connectivity index is 3.37. The Morgan fingerprint density at radius 2 is 0.760 bits per heavy atom. The van der Waals surface area contributed by atoms with Crippen LogP contribution in [0, 0.1) is 0 Å². The van der Waals surface area contributed by atoms with E-state index >= 15 is 0 Å². The number of carboxylic acids is 1. The second-order valence-corrected chi connectivity index (χ2v) is 12.3. The second-order valence-electron chi connectivity index (χ2n) is 12.3. The van der Waals surface area contributed by atoms with Gasteiger partial charge in [-0.05, 0) is 25.7 Å². The standard InChI is InChI=1S/C36H68N4O10/c1-2-3-20-38-34(43)30-49-28-27-48-25-23-40-35(44)31-50-29-26-47-24-22-39-33(42)18-16-21-37-32(41)17-14-12-10-8-6-4-5-7-9-11-13-15-19-36(45)46/h2-31H2,1H3,(H,37,41)(H,38,43)(H,39,42)(H,40,44)(H,45,46). The zero-order chi connectivity index (χ0) is 36.8. The lowest BCUT2D eigenvalue weighted by atomic mass is 10.0. The summed E-state index contributed by atoms with van der Waals surface area (Å²) >= 11 is 0. The molecule has 0 aliphatic heterocycles. The third kappa shape index (κ3) is 38.0. The van der Waals surface area contributed by atoms with Crippen molar-refractivity contribution in [3.8, 4) is 0 Å². The molecular formula is C36H68N4O10. The minimum Gasteiger partial charge on any atom is -0.481 e. The summed E-state index contributed by atoms with van der Waals surface area (Å²) in [6.07, 6.45) is 17.0. The Morgan fingerprint density at radius 1 is 0.400 bits per heavy atom. The van der Waals surface area contributed by atoms with Crippen LogP contribution in [0.25, 0.3) is 0 Å². The third-order valence-electron chi connectivity index (χ3n) is 7.65. The van der Waals surface area contributed by atoms with Crippen LogP contribution in [0.3, 0.4) is 0 Å². The fraction of sp³-hybridized carbons (Fsp3) is 0.861. The number of unbranched alkanes of at least 4 members (excludes halogenated alkanes) is 12. The van der Waals surface area contributed by atoms with Gasteiger partial charge in [-0.2, -0.15) is 0 Å². The number of ether oxygens (including phenoxy) is 4. The minimum absolute atomic E-state index is 0.00866. The molecule has 5 N–H and O–H groups in total. The van der Waals surface area contributed by atoms with Gasteiger partial charge < -0.3 is 45.3 Å². The van der Waals surface area contributed by atoms with Crippen LogP contribution in [0.4, 0.5) is 0 Å². The molecule has 14 nitrogen and oxygen atoms in total. The van der Waals surface area contributed by atoms with Crippen LogP contribution in [0.15, 0.2) is 0 Å². The van der Waals surface area contributed by atoms with Crippen LogP contribution in [0.2, 0.25) is 0 Å². The molecule has 0 unspecified atom stereocenters. The third-order valence-corrected chi connectivity index (χ3v) is 7.65. The average Bonchev–Trinajstić information content (AvgIpc) is 3.09. The van der Waals surface area contributed by atoms with E-state index in [4.69, 9.17) is 24.1 Å². The van der Waals surface area contributed by atoms with E-state index in [1.165, 1.54) is 38.5 Å². The van der Waals surface area contributed by atoms with Gasteiger partial charge in [0.05, 0.1) is 39.6 Å². The highest BCUT2D eigenvalue weighted by Gasteiger charge is 2.05. The highest BCUT2D eigenvalue weighted by atomic mass is 16.5. The fourth-order valence-electron chi connectivity index (χ4n) is 4.78. The smallest absolute Gasteiger partial charge is 0.303 e. The van der Waals surface area contributed by atoms with Crippen molar-refractivity contribution in [2.75, 3.05) is 79.0 Å². The Labute approximate surface area is 300 Å². The van der Waals surface area contributed by atoms with Gasteiger partial charge in [-0.15, -0.1) is 0 Å². The van der Waals surface area contributed by atoms with E-state index < -0.39 is 5.97 Å². The molecule has 0 radical (unpaired) electrons. The van der Waals surface area contributed by atoms with Crippen molar-refractivity contribution >= 4 is 29.6 Å². The SMILES string of the molecule is CCCCNC(=O)COCCOCCNC(=O)COCCOCCNC(=O)CCCNC(=O)CCCCCCCCCCCCCCC(=O)O. The van der Waals surface area contributed by atoms with Crippen LogP contribution in [-0.2, 0) is 42.9 Å². The summed E-state index contributed by atoms with van der Waals surface area (Å²) in [5.41, 5.74) is 0. The summed E-state index contributed by atoms with van der Waals surface area (Å²) < 4.78 is 21.3. The zero-order valence-corrected chi connectivity index (χ0v) is 30.8. The molecule has 50 heavy (non-hydrogen) atoms. The van der Waals surface area contributed by atoms with Gasteiger partial charge in [0, 0.05) is 45.4 Å². The van der Waals surface area contributed by atoms with Crippen LogP contribution >= 0.6 is 0 Å². The maximum Gasteiger partial charge on any atom is 0.303 e. The first-order chi connectivity index (χ1) is 24.3. The predicted molar refractivity (Wildman–Crippen MR) is 192 cm³/mol. The van der Waals surface area contributed by atoms with E-state index in [1.54, 1.807) is 0 Å². The van der Waals surface area contributed by atoms with Crippen LogP contribution in [-0.4, -0.2) is 114 Å². The van der Waals surface area contributed by atoms with Crippen LogP contribution < -0.4 is 21.3 Å². The maximum absolute atomic E-state index is 12.0. The van der Waals surface area contributed by atoms with Crippen molar-refractivity contribution in [3.63, 3.8) is 0 Å². The molecule has 4 amide bonds. The summed E-state index contributed by atoms with van der Waals surface area (Å²) in [6, 6.07) is 0. The number of amides is 4. The van der Waals surface area contributed by atoms with Gasteiger partial charge in [-0.25, -0.2) is 0 Å². The van der Waals surface area contributed by atoms with E-state index in [-0.39, 0.29) is 49.9 Å². The molecule has 0 aromatic carbocycles. The summed E-state index contributed by atoms with van der Waals surface area (Å²) in [4.78, 5) is 57.7. The molecule has 14 heteroatoms. The van der Waals surface area contributed by atoms with Gasteiger partial charge in [0.2, 0.25) is 23.6 Å². The quantitative estimate of drug-likeness (QED) is 0.0590. The molecule has 0 atom stereocenters. The van der Waals surface area contributed by atoms with Crippen molar-refractivity contribution in [2.45, 2.75) is 122 Å². The zero-order valence-electron chi connectivity index (χ0n) is 30.8. The van der Waals surface area contributed by atoms with Gasteiger partial charge in [0.25, 0.3) is 0 Å². The van der Waals surface area contributed by atoms with Crippen molar-refractivity contribution in [1.82, 2.24) is 21.3 Å². The number of aliphatic carboxylic acids is 1. The topological polar surface area (TPSA) is 191 Å². The molecule has 292 valence electrons. The normalized spacial score (nSPS) is 10.9. The molecule has 0 aliphatic carbocycles. The van der Waals surface area contributed by atoms with Crippen molar-refractivity contribution < 1.29 is 48.0 Å². The average molecular weight is 717 g/mol. The summed E-state index contributed by atoms with van der Waals surface area (Å²) in [5.74, 6) is -1.15. The molecule has 0 fully saturated rings. The summed E-state index contributed by atoms with van der Waals surface area (Å²) in [7, 11) is 0. The van der Waals surface area contributed by atoms with Gasteiger partial charge in [0.1, 0.15) is 13.2 Å². The Bertz CT molecular complexity index is 863. The molecule has 0 rings (SSSR count).